The maximum Gasteiger partial charge on any atom is 0.308 e. The van der Waals surface area contributed by atoms with E-state index in [1.54, 1.807) is 6.07 Å². The molecule has 0 radical (unpaired) electrons. The standard InChI is InChI=1S/C12H16N4O2S/c1-15(2)19(17,18)16-8-12(14-9-16)7-10-4-3-5-11(13)6-10/h3-6,8-9H,7,13H2,1-2H3. The number of anilines is 1. The van der Waals surface area contributed by atoms with Crippen LogP contribution in [-0.4, -0.2) is 35.8 Å². The molecule has 1 aromatic heterocycles. The number of benzene rings is 1. The molecule has 0 aliphatic rings. The first-order chi connectivity index (χ1) is 8.89. The molecule has 0 spiro atoms. The minimum absolute atomic E-state index is 0.543. The van der Waals surface area contributed by atoms with Crippen LogP contribution in [0.4, 0.5) is 5.69 Å². The Balaban J connectivity index is 2.23. The number of hydrogen-bond acceptors (Lipinski definition) is 4. The first-order valence-corrected chi connectivity index (χ1v) is 7.09. The van der Waals surface area contributed by atoms with Crippen molar-refractivity contribution in [1.29, 1.82) is 0 Å². The molecule has 102 valence electrons. The molecule has 2 rings (SSSR count). The summed E-state index contributed by atoms with van der Waals surface area (Å²) in [6, 6.07) is 7.44. The lowest BCUT2D eigenvalue weighted by molar-refractivity contribution is 0.510. The molecule has 0 aliphatic carbocycles. The van der Waals surface area contributed by atoms with E-state index in [1.807, 2.05) is 18.2 Å². The minimum atomic E-state index is -3.49. The van der Waals surface area contributed by atoms with Gasteiger partial charge in [0.2, 0.25) is 0 Å². The van der Waals surface area contributed by atoms with Crippen LogP contribution in [-0.2, 0) is 16.6 Å². The maximum atomic E-state index is 11.9. The van der Waals surface area contributed by atoms with E-state index in [1.165, 1.54) is 26.6 Å². The van der Waals surface area contributed by atoms with E-state index in [0.717, 1.165) is 13.8 Å². The highest BCUT2D eigenvalue weighted by Crippen LogP contribution is 2.12. The van der Waals surface area contributed by atoms with Gasteiger partial charge in [-0.3, -0.25) is 0 Å². The summed E-state index contributed by atoms with van der Waals surface area (Å²) in [5.41, 5.74) is 8.05. The molecule has 0 saturated heterocycles. The molecule has 6 nitrogen and oxygen atoms in total. The van der Waals surface area contributed by atoms with Gasteiger partial charge in [-0.25, -0.2) is 8.96 Å². The van der Waals surface area contributed by atoms with Crippen LogP contribution >= 0.6 is 0 Å². The summed E-state index contributed by atoms with van der Waals surface area (Å²) in [6.45, 7) is 0. The summed E-state index contributed by atoms with van der Waals surface area (Å²) >= 11 is 0. The van der Waals surface area contributed by atoms with Crippen molar-refractivity contribution in [2.24, 2.45) is 0 Å². The number of aromatic nitrogens is 2. The number of hydrogen-bond donors (Lipinski definition) is 1. The summed E-state index contributed by atoms with van der Waals surface area (Å²) in [7, 11) is -0.536. The van der Waals surface area contributed by atoms with Crippen molar-refractivity contribution in [1.82, 2.24) is 13.3 Å². The van der Waals surface area contributed by atoms with Crippen LogP contribution in [0.1, 0.15) is 11.3 Å². The van der Waals surface area contributed by atoms with Crippen molar-refractivity contribution in [2.75, 3.05) is 19.8 Å². The van der Waals surface area contributed by atoms with E-state index in [0.29, 0.717) is 17.8 Å². The molecule has 2 N–H and O–H groups in total. The van der Waals surface area contributed by atoms with Crippen molar-refractivity contribution in [3.8, 4) is 0 Å². The molecule has 1 aromatic carbocycles. The molecule has 0 aliphatic heterocycles. The highest BCUT2D eigenvalue weighted by Gasteiger charge is 2.16. The average molecular weight is 280 g/mol. The van der Waals surface area contributed by atoms with Gasteiger partial charge in [-0.2, -0.15) is 12.7 Å². The zero-order valence-electron chi connectivity index (χ0n) is 10.8. The summed E-state index contributed by atoms with van der Waals surface area (Å²) in [6.07, 6.45) is 3.36. The fraction of sp³-hybridized carbons (Fsp3) is 0.250. The molecule has 0 atom stereocenters. The normalized spacial score (nSPS) is 11.9. The molecule has 0 saturated carbocycles. The Morgan fingerprint density at radius 1 is 1.37 bits per heavy atom. The van der Waals surface area contributed by atoms with E-state index < -0.39 is 10.2 Å². The Morgan fingerprint density at radius 3 is 2.74 bits per heavy atom. The third kappa shape index (κ3) is 2.94. The van der Waals surface area contributed by atoms with Gasteiger partial charge in [-0.15, -0.1) is 0 Å². The smallest absolute Gasteiger partial charge is 0.308 e. The molecular formula is C12H16N4O2S. The van der Waals surface area contributed by atoms with Crippen LogP contribution < -0.4 is 5.73 Å². The van der Waals surface area contributed by atoms with Gasteiger partial charge in [-0.1, -0.05) is 12.1 Å². The predicted octanol–water partition coefficient (Wildman–Crippen LogP) is 0.711. The van der Waals surface area contributed by atoms with Gasteiger partial charge in [-0.05, 0) is 17.7 Å². The van der Waals surface area contributed by atoms with Crippen molar-refractivity contribution in [2.45, 2.75) is 6.42 Å². The highest BCUT2D eigenvalue weighted by atomic mass is 32.2. The van der Waals surface area contributed by atoms with Gasteiger partial charge in [0.05, 0.1) is 5.69 Å². The van der Waals surface area contributed by atoms with Gasteiger partial charge >= 0.3 is 10.2 Å². The van der Waals surface area contributed by atoms with Crippen LogP contribution in [0.25, 0.3) is 0 Å². The second-order valence-corrected chi connectivity index (χ2v) is 6.45. The molecule has 0 unspecified atom stereocenters. The SMILES string of the molecule is CN(C)S(=O)(=O)n1cnc(Cc2cccc(N)c2)c1. The van der Waals surface area contributed by atoms with Gasteiger partial charge in [0, 0.05) is 32.4 Å². The topological polar surface area (TPSA) is 81.2 Å². The van der Waals surface area contributed by atoms with Crippen LogP contribution in [0, 0.1) is 0 Å². The van der Waals surface area contributed by atoms with Crippen molar-refractivity contribution < 1.29 is 8.42 Å². The summed E-state index contributed by atoms with van der Waals surface area (Å²) in [4.78, 5) is 4.11. The Hall–Kier alpha value is -1.86. The molecule has 0 bridgehead atoms. The lowest BCUT2D eigenvalue weighted by Gasteiger charge is -2.10. The molecule has 0 amide bonds. The lowest BCUT2D eigenvalue weighted by atomic mass is 10.1. The third-order valence-electron chi connectivity index (χ3n) is 2.68. The Morgan fingerprint density at radius 2 is 2.11 bits per heavy atom. The first kappa shape index (κ1) is 13.6. The van der Waals surface area contributed by atoms with E-state index >= 15 is 0 Å². The second-order valence-electron chi connectivity index (χ2n) is 4.41. The predicted molar refractivity (Wildman–Crippen MR) is 73.9 cm³/mol. The Bertz CT molecular complexity index is 677. The first-order valence-electron chi connectivity index (χ1n) is 5.70. The second kappa shape index (κ2) is 5.02. The molecule has 2 aromatic rings. The summed E-state index contributed by atoms with van der Waals surface area (Å²) in [5.74, 6) is 0. The maximum absolute atomic E-state index is 11.9. The van der Waals surface area contributed by atoms with Crippen LogP contribution in [0.3, 0.4) is 0 Å². The van der Waals surface area contributed by atoms with Crippen LogP contribution in [0.5, 0.6) is 0 Å². The quantitative estimate of drug-likeness (QED) is 0.836. The fourth-order valence-electron chi connectivity index (χ4n) is 1.66. The molecular weight excluding hydrogens is 264 g/mol. The number of nitrogens with zero attached hydrogens (tertiary/aromatic N) is 3. The van der Waals surface area contributed by atoms with Gasteiger partial charge in [0.25, 0.3) is 0 Å². The van der Waals surface area contributed by atoms with E-state index in [2.05, 4.69) is 4.98 Å². The third-order valence-corrected chi connectivity index (χ3v) is 4.33. The Kier molecular flexibility index (Phi) is 3.59. The zero-order valence-corrected chi connectivity index (χ0v) is 11.6. The van der Waals surface area contributed by atoms with Gasteiger partial charge < -0.3 is 5.73 Å². The van der Waals surface area contributed by atoms with Crippen LogP contribution in [0.15, 0.2) is 36.8 Å². The van der Waals surface area contributed by atoms with Crippen LogP contribution in [0.2, 0.25) is 0 Å². The number of nitrogens with two attached hydrogens (primary N) is 1. The fourth-order valence-corrected chi connectivity index (χ4v) is 2.46. The lowest BCUT2D eigenvalue weighted by Crippen LogP contribution is -2.27. The van der Waals surface area contributed by atoms with Crippen molar-refractivity contribution >= 4 is 15.9 Å². The zero-order chi connectivity index (χ0) is 14.0. The van der Waals surface area contributed by atoms with Crippen molar-refractivity contribution in [3.63, 3.8) is 0 Å². The minimum Gasteiger partial charge on any atom is -0.399 e. The molecule has 7 heteroatoms. The molecule has 19 heavy (non-hydrogen) atoms. The van der Waals surface area contributed by atoms with Gasteiger partial charge in [0.15, 0.2) is 0 Å². The molecule has 1 heterocycles. The van der Waals surface area contributed by atoms with E-state index in [9.17, 15) is 8.42 Å². The molecule has 0 fully saturated rings. The number of imidazole rings is 1. The summed E-state index contributed by atoms with van der Waals surface area (Å²) in [5, 5.41) is 0. The Labute approximate surface area is 112 Å². The largest absolute Gasteiger partial charge is 0.399 e. The number of nitrogen functional groups attached to an aromatic ring is 1. The number of rotatable bonds is 4. The van der Waals surface area contributed by atoms with Crippen molar-refractivity contribution in [3.05, 3.63) is 48.0 Å². The highest BCUT2D eigenvalue weighted by molar-refractivity contribution is 7.87. The monoisotopic (exact) mass is 280 g/mol. The summed E-state index contributed by atoms with van der Waals surface area (Å²) < 4.78 is 26.0. The van der Waals surface area contributed by atoms with E-state index in [-0.39, 0.29) is 0 Å². The van der Waals surface area contributed by atoms with Gasteiger partial charge in [0.1, 0.15) is 6.33 Å². The average Bonchev–Trinajstić information content (AvgIpc) is 2.78. The van der Waals surface area contributed by atoms with E-state index in [4.69, 9.17) is 5.73 Å².